The molecule has 3 aromatic rings. The molecular weight excluding hydrogens is 378 g/mol. The van der Waals surface area contributed by atoms with E-state index in [4.69, 9.17) is 0 Å². The minimum atomic E-state index is -3.67. The first-order valence-corrected chi connectivity index (χ1v) is 10.3. The van der Waals surface area contributed by atoms with Gasteiger partial charge in [-0.1, -0.05) is 17.3 Å². The van der Waals surface area contributed by atoms with Gasteiger partial charge < -0.3 is 4.90 Å². The lowest BCUT2D eigenvalue weighted by molar-refractivity contribution is 0.0498. The molecule has 2 aromatic carbocycles. The topological polar surface area (TPSA) is 97.2 Å². The third-order valence-corrected chi connectivity index (χ3v) is 6.03. The molecule has 1 saturated heterocycles. The van der Waals surface area contributed by atoms with Crippen LogP contribution in [0.15, 0.2) is 65.8 Å². The molecule has 144 valence electrons. The molecule has 0 atom stereocenters. The molecule has 0 saturated carbocycles. The molecule has 1 N–H and O–H groups in total. The predicted molar refractivity (Wildman–Crippen MR) is 103 cm³/mol. The van der Waals surface area contributed by atoms with Gasteiger partial charge in [0.1, 0.15) is 0 Å². The zero-order chi connectivity index (χ0) is 19.7. The van der Waals surface area contributed by atoms with Crippen LogP contribution >= 0.6 is 0 Å². The maximum Gasteiger partial charge on any atom is 0.261 e. The quantitative estimate of drug-likeness (QED) is 0.711. The second kappa shape index (κ2) is 7.08. The van der Waals surface area contributed by atoms with E-state index in [1.165, 1.54) is 0 Å². The number of benzene rings is 2. The van der Waals surface area contributed by atoms with Crippen molar-refractivity contribution in [2.45, 2.75) is 17.9 Å². The predicted octanol–water partition coefficient (Wildman–Crippen LogP) is 2.08. The van der Waals surface area contributed by atoms with E-state index in [0.717, 1.165) is 5.56 Å². The van der Waals surface area contributed by atoms with E-state index in [2.05, 4.69) is 15.0 Å². The lowest BCUT2D eigenvalue weighted by Crippen LogP contribution is -2.50. The van der Waals surface area contributed by atoms with Crippen molar-refractivity contribution in [2.24, 2.45) is 0 Å². The van der Waals surface area contributed by atoms with Crippen LogP contribution in [0.2, 0.25) is 0 Å². The third-order valence-electron chi connectivity index (χ3n) is 4.65. The van der Waals surface area contributed by atoms with Gasteiger partial charge in [-0.3, -0.25) is 9.52 Å². The molecule has 1 amide bonds. The summed E-state index contributed by atoms with van der Waals surface area (Å²) >= 11 is 0. The minimum Gasteiger partial charge on any atom is -0.334 e. The van der Waals surface area contributed by atoms with E-state index in [9.17, 15) is 13.2 Å². The molecule has 0 aliphatic carbocycles. The van der Waals surface area contributed by atoms with Gasteiger partial charge in [-0.2, -0.15) is 0 Å². The summed E-state index contributed by atoms with van der Waals surface area (Å²) in [5.74, 6) is -0.0931. The van der Waals surface area contributed by atoms with Crippen molar-refractivity contribution in [1.29, 1.82) is 0 Å². The van der Waals surface area contributed by atoms with Crippen molar-refractivity contribution in [3.05, 3.63) is 72.1 Å². The van der Waals surface area contributed by atoms with Crippen molar-refractivity contribution in [3.8, 4) is 0 Å². The van der Waals surface area contributed by atoms with Crippen LogP contribution in [0.5, 0.6) is 0 Å². The molecular formula is C19H19N5O3S. The van der Waals surface area contributed by atoms with E-state index < -0.39 is 10.0 Å². The Kier molecular flexibility index (Phi) is 4.60. The van der Waals surface area contributed by atoms with Crippen LogP contribution in [0.3, 0.4) is 0 Å². The molecule has 1 aliphatic heterocycles. The maximum atomic E-state index is 12.5. The summed E-state index contributed by atoms with van der Waals surface area (Å²) in [5.41, 5.74) is 1.78. The summed E-state index contributed by atoms with van der Waals surface area (Å²) in [6.45, 7) is 2.98. The fourth-order valence-corrected chi connectivity index (χ4v) is 4.22. The van der Waals surface area contributed by atoms with Crippen LogP contribution in [0, 0.1) is 6.92 Å². The molecule has 1 aromatic heterocycles. The molecule has 0 bridgehead atoms. The summed E-state index contributed by atoms with van der Waals surface area (Å²) in [6, 6.07) is 13.3. The summed E-state index contributed by atoms with van der Waals surface area (Å²) in [5, 5.41) is 7.72. The van der Waals surface area contributed by atoms with Gasteiger partial charge in [0.15, 0.2) is 0 Å². The van der Waals surface area contributed by atoms with E-state index in [1.807, 2.05) is 13.0 Å². The number of carbonyl (C=O) groups excluding carboxylic acids is 1. The Bertz CT molecular complexity index is 1090. The molecule has 4 rings (SSSR count). The van der Waals surface area contributed by atoms with E-state index in [1.54, 1.807) is 64.4 Å². The largest absolute Gasteiger partial charge is 0.334 e. The lowest BCUT2D eigenvalue weighted by atomic mass is 10.1. The second-order valence-electron chi connectivity index (χ2n) is 6.75. The highest BCUT2D eigenvalue weighted by Gasteiger charge is 2.32. The number of rotatable bonds is 5. The summed E-state index contributed by atoms with van der Waals surface area (Å²) < 4.78 is 29.3. The first-order valence-electron chi connectivity index (χ1n) is 8.77. The first-order chi connectivity index (χ1) is 13.4. The summed E-state index contributed by atoms with van der Waals surface area (Å²) in [6.07, 6.45) is 3.39. The van der Waals surface area contributed by atoms with Gasteiger partial charge in [0.25, 0.3) is 15.9 Å². The van der Waals surface area contributed by atoms with Crippen molar-refractivity contribution in [1.82, 2.24) is 19.9 Å². The van der Waals surface area contributed by atoms with Crippen LogP contribution < -0.4 is 4.72 Å². The number of anilines is 1. The molecule has 0 spiro atoms. The number of carbonyl (C=O) groups is 1. The SMILES string of the molecule is Cc1cccc(S(=O)(=O)Nc2ccc(C(=O)N3CC(n4ccnn4)C3)cc2)c1. The number of likely N-dealkylation sites (tertiary alicyclic amines) is 1. The Morgan fingerprint density at radius 3 is 2.54 bits per heavy atom. The number of sulfonamides is 1. The first kappa shape index (κ1) is 18.2. The number of hydrogen-bond donors (Lipinski definition) is 1. The molecule has 9 heteroatoms. The minimum absolute atomic E-state index is 0.0931. The Morgan fingerprint density at radius 1 is 1.14 bits per heavy atom. The Morgan fingerprint density at radius 2 is 1.89 bits per heavy atom. The van der Waals surface area contributed by atoms with Crippen molar-refractivity contribution < 1.29 is 13.2 Å². The summed E-state index contributed by atoms with van der Waals surface area (Å²) in [4.78, 5) is 14.5. The number of nitrogens with one attached hydrogen (secondary N) is 1. The number of nitrogens with zero attached hydrogens (tertiary/aromatic N) is 4. The number of hydrogen-bond acceptors (Lipinski definition) is 5. The smallest absolute Gasteiger partial charge is 0.261 e. The number of aryl methyl sites for hydroxylation is 1. The lowest BCUT2D eigenvalue weighted by Gasteiger charge is -2.38. The van der Waals surface area contributed by atoms with E-state index in [-0.39, 0.29) is 16.8 Å². The highest BCUT2D eigenvalue weighted by Crippen LogP contribution is 2.23. The van der Waals surface area contributed by atoms with Crippen LogP contribution in [0.25, 0.3) is 0 Å². The molecule has 1 aliphatic rings. The Balaban J connectivity index is 1.41. The van der Waals surface area contributed by atoms with Crippen LogP contribution in [-0.4, -0.2) is 47.3 Å². The van der Waals surface area contributed by atoms with Gasteiger partial charge in [0.2, 0.25) is 0 Å². The number of amides is 1. The van der Waals surface area contributed by atoms with E-state index in [0.29, 0.717) is 24.3 Å². The van der Waals surface area contributed by atoms with Gasteiger partial charge in [-0.25, -0.2) is 13.1 Å². The second-order valence-corrected chi connectivity index (χ2v) is 8.43. The summed E-state index contributed by atoms with van der Waals surface area (Å²) in [7, 11) is -3.67. The van der Waals surface area contributed by atoms with Gasteiger partial charge in [0, 0.05) is 30.5 Å². The molecule has 0 unspecified atom stereocenters. The Hall–Kier alpha value is -3.20. The maximum absolute atomic E-state index is 12.5. The fraction of sp³-hybridized carbons (Fsp3) is 0.211. The molecule has 28 heavy (non-hydrogen) atoms. The van der Waals surface area contributed by atoms with Crippen LogP contribution in [-0.2, 0) is 10.0 Å². The van der Waals surface area contributed by atoms with Crippen molar-refractivity contribution in [2.75, 3.05) is 17.8 Å². The van der Waals surface area contributed by atoms with Gasteiger partial charge >= 0.3 is 0 Å². The normalized spacial score (nSPS) is 14.5. The number of aromatic nitrogens is 3. The standard InChI is InChI=1S/C19H19N5O3S/c1-14-3-2-4-18(11-14)28(26,27)21-16-7-5-15(6-8-16)19(25)23-12-17(13-23)24-10-9-20-22-24/h2-11,17,21H,12-13H2,1H3. The molecule has 2 heterocycles. The van der Waals surface area contributed by atoms with Crippen molar-refractivity contribution >= 4 is 21.6 Å². The molecule has 1 fully saturated rings. The van der Waals surface area contributed by atoms with Gasteiger partial charge in [-0.05, 0) is 48.9 Å². The van der Waals surface area contributed by atoms with Gasteiger partial charge in [-0.15, -0.1) is 5.10 Å². The average molecular weight is 397 g/mol. The monoisotopic (exact) mass is 397 g/mol. The molecule has 0 radical (unpaired) electrons. The van der Waals surface area contributed by atoms with Crippen LogP contribution in [0.4, 0.5) is 5.69 Å². The zero-order valence-electron chi connectivity index (χ0n) is 15.2. The average Bonchev–Trinajstić information content (AvgIpc) is 3.15. The molecule has 8 nitrogen and oxygen atoms in total. The van der Waals surface area contributed by atoms with Crippen LogP contribution in [0.1, 0.15) is 22.0 Å². The fourth-order valence-electron chi connectivity index (χ4n) is 3.06. The Labute approximate surface area is 162 Å². The van der Waals surface area contributed by atoms with Crippen molar-refractivity contribution in [3.63, 3.8) is 0 Å². The highest BCUT2D eigenvalue weighted by molar-refractivity contribution is 7.92. The third kappa shape index (κ3) is 3.61. The van der Waals surface area contributed by atoms with Gasteiger partial charge in [0.05, 0.1) is 17.1 Å². The zero-order valence-corrected chi connectivity index (χ0v) is 16.0. The van der Waals surface area contributed by atoms with E-state index >= 15 is 0 Å². The highest BCUT2D eigenvalue weighted by atomic mass is 32.2.